The minimum atomic E-state index is 0. The van der Waals surface area contributed by atoms with Crippen LogP contribution in [0.1, 0.15) is 115 Å². The molecule has 0 amide bonds. The van der Waals surface area contributed by atoms with E-state index < -0.39 is 0 Å². The zero-order chi connectivity index (χ0) is 18.0. The zero-order valence-electron chi connectivity index (χ0n) is 16.1. The van der Waals surface area contributed by atoms with E-state index in [0.29, 0.717) is 12.2 Å². The number of carbonyl (C=O) groups is 1. The van der Waals surface area contributed by atoms with Gasteiger partial charge in [0.25, 0.3) is 0 Å². The average molecular weight is 361 g/mol. The smallest absolute Gasteiger partial charge is 0.200 e. The lowest BCUT2D eigenvalue weighted by atomic mass is 10.1. The Balaban J connectivity index is 0.00000625. The third kappa shape index (κ3) is 13.7. The second-order valence-corrected chi connectivity index (χ2v) is 6.83. The van der Waals surface area contributed by atoms with Gasteiger partial charge in [-0.2, -0.15) is 0 Å². The van der Waals surface area contributed by atoms with Crippen molar-refractivity contribution in [3.05, 3.63) is 36.4 Å². The molecule has 0 saturated heterocycles. The largest absolute Gasteiger partial charge is 0.291 e. The van der Waals surface area contributed by atoms with Crippen molar-refractivity contribution in [1.82, 2.24) is 9.97 Å². The summed E-state index contributed by atoms with van der Waals surface area (Å²) >= 11 is 0. The molecule has 0 aliphatic rings. The van der Waals surface area contributed by atoms with Gasteiger partial charge >= 0.3 is 0 Å². The van der Waals surface area contributed by atoms with Gasteiger partial charge in [-0.05, 0) is 38.2 Å². The van der Waals surface area contributed by atoms with E-state index in [9.17, 15) is 4.79 Å². The van der Waals surface area contributed by atoms with E-state index >= 15 is 0 Å². The maximum absolute atomic E-state index is 11.8. The maximum atomic E-state index is 11.8. The number of Topliss-reactive ketones (excluding diaryl/α,β-unsaturated/α-hetero) is 1. The molecule has 0 aromatic carbocycles. The molecule has 1 rings (SSSR count). The summed E-state index contributed by atoms with van der Waals surface area (Å²) in [6, 6.07) is 1.73. The number of ketones is 1. The van der Waals surface area contributed by atoms with Gasteiger partial charge in [0.1, 0.15) is 0 Å². The number of hydrogen-bond donors (Lipinski definition) is 0. The lowest BCUT2D eigenvalue weighted by Crippen LogP contribution is -2.04. The van der Waals surface area contributed by atoms with Crippen molar-refractivity contribution in [2.45, 2.75) is 104 Å². The molecule has 0 fully saturated rings. The molecule has 3 heteroatoms. The highest BCUT2D eigenvalue weighted by Crippen LogP contribution is 2.10. The van der Waals surface area contributed by atoms with Crippen molar-refractivity contribution in [3.63, 3.8) is 0 Å². The summed E-state index contributed by atoms with van der Waals surface area (Å²) in [6.07, 6.45) is 25.1. The lowest BCUT2D eigenvalue weighted by Gasteiger charge is -2.00. The van der Waals surface area contributed by atoms with Crippen LogP contribution in [0.25, 0.3) is 0 Å². The highest BCUT2D eigenvalue weighted by Gasteiger charge is 2.07. The van der Waals surface area contributed by atoms with Gasteiger partial charge in [0.05, 0.1) is 0 Å². The average Bonchev–Trinajstić information content (AvgIpc) is 2.65. The van der Waals surface area contributed by atoms with Gasteiger partial charge in [-0.25, -0.2) is 9.97 Å². The monoisotopic (exact) mass is 360 g/mol. The standard InChI is InChI=1S/C22H36N2O.CH4/c1-2-3-4-5-6-7-8-9-10-11-12-13-14-15-16-18-21(25)22-23-19-17-20-24-22;/h9-10,17,19-20H,2-8,11-16,18H2,1H3;1H4/b10-9-;. The summed E-state index contributed by atoms with van der Waals surface area (Å²) in [5.74, 6) is 0.427. The Morgan fingerprint density at radius 2 is 1.31 bits per heavy atom. The van der Waals surface area contributed by atoms with Crippen LogP contribution in [-0.4, -0.2) is 15.8 Å². The second-order valence-electron chi connectivity index (χ2n) is 6.83. The van der Waals surface area contributed by atoms with Crippen molar-refractivity contribution in [1.29, 1.82) is 0 Å². The van der Waals surface area contributed by atoms with Crippen LogP contribution in [0, 0.1) is 0 Å². The van der Waals surface area contributed by atoms with E-state index in [0.717, 1.165) is 12.8 Å². The predicted octanol–water partition coefficient (Wildman–Crippen LogP) is 7.33. The minimum Gasteiger partial charge on any atom is -0.291 e. The summed E-state index contributed by atoms with van der Waals surface area (Å²) in [7, 11) is 0. The van der Waals surface area contributed by atoms with Crippen molar-refractivity contribution in [2.24, 2.45) is 0 Å². The minimum absolute atomic E-state index is 0. The summed E-state index contributed by atoms with van der Waals surface area (Å²) in [5, 5.41) is 0. The Labute approximate surface area is 161 Å². The molecular weight excluding hydrogens is 320 g/mol. The van der Waals surface area contributed by atoms with Crippen molar-refractivity contribution in [2.75, 3.05) is 0 Å². The van der Waals surface area contributed by atoms with E-state index in [1.807, 2.05) is 0 Å². The van der Waals surface area contributed by atoms with Gasteiger partial charge in [0.15, 0.2) is 11.6 Å². The quantitative estimate of drug-likeness (QED) is 0.176. The molecule has 0 N–H and O–H groups in total. The first kappa shape index (κ1) is 24.5. The Hall–Kier alpha value is -1.51. The van der Waals surface area contributed by atoms with Crippen LogP contribution < -0.4 is 0 Å². The molecule has 26 heavy (non-hydrogen) atoms. The lowest BCUT2D eigenvalue weighted by molar-refractivity contribution is 0.0969. The fourth-order valence-corrected chi connectivity index (χ4v) is 2.91. The Morgan fingerprint density at radius 1 is 0.808 bits per heavy atom. The third-order valence-electron chi connectivity index (χ3n) is 4.48. The number of carbonyl (C=O) groups excluding carboxylic acids is 1. The Kier molecular flexibility index (Phi) is 17.2. The van der Waals surface area contributed by atoms with Gasteiger partial charge in [-0.3, -0.25) is 4.79 Å². The molecule has 0 saturated carbocycles. The Bertz CT molecular complexity index is 457. The second kappa shape index (κ2) is 18.3. The number of hydrogen-bond acceptors (Lipinski definition) is 3. The molecule has 0 aliphatic heterocycles. The fraction of sp³-hybridized carbons (Fsp3) is 0.696. The van der Waals surface area contributed by atoms with Crippen LogP contribution >= 0.6 is 0 Å². The molecule has 1 aromatic heterocycles. The highest BCUT2D eigenvalue weighted by atomic mass is 16.1. The van der Waals surface area contributed by atoms with Gasteiger partial charge in [-0.1, -0.05) is 77.9 Å². The predicted molar refractivity (Wildman–Crippen MR) is 113 cm³/mol. The van der Waals surface area contributed by atoms with Gasteiger partial charge in [0.2, 0.25) is 0 Å². The maximum Gasteiger partial charge on any atom is 0.200 e. The number of rotatable bonds is 16. The van der Waals surface area contributed by atoms with Crippen LogP contribution in [0.2, 0.25) is 0 Å². The van der Waals surface area contributed by atoms with Crippen molar-refractivity contribution in [3.8, 4) is 0 Å². The normalized spacial score (nSPS) is 10.8. The van der Waals surface area contributed by atoms with Gasteiger partial charge in [-0.15, -0.1) is 0 Å². The van der Waals surface area contributed by atoms with Crippen molar-refractivity contribution < 1.29 is 4.79 Å². The molecule has 0 radical (unpaired) electrons. The van der Waals surface area contributed by atoms with E-state index in [-0.39, 0.29) is 13.2 Å². The van der Waals surface area contributed by atoms with Crippen LogP contribution in [0.15, 0.2) is 30.6 Å². The topological polar surface area (TPSA) is 42.9 Å². The van der Waals surface area contributed by atoms with E-state index in [4.69, 9.17) is 0 Å². The van der Waals surface area contributed by atoms with Gasteiger partial charge < -0.3 is 0 Å². The van der Waals surface area contributed by atoms with Crippen molar-refractivity contribution >= 4 is 5.78 Å². The first-order valence-corrected chi connectivity index (χ1v) is 10.3. The van der Waals surface area contributed by atoms with Gasteiger partial charge in [0, 0.05) is 18.8 Å². The number of nitrogens with zero attached hydrogens (tertiary/aromatic N) is 2. The SMILES string of the molecule is C.CCCCCCCC/C=C\CCCCCCCC(=O)c1ncccn1. The van der Waals surface area contributed by atoms with E-state index in [1.165, 1.54) is 70.6 Å². The molecule has 0 atom stereocenters. The summed E-state index contributed by atoms with van der Waals surface area (Å²) in [6.45, 7) is 2.27. The summed E-state index contributed by atoms with van der Waals surface area (Å²) in [5.41, 5.74) is 0. The Morgan fingerprint density at radius 3 is 1.88 bits per heavy atom. The summed E-state index contributed by atoms with van der Waals surface area (Å²) in [4.78, 5) is 19.8. The van der Waals surface area contributed by atoms with Crippen LogP contribution in [-0.2, 0) is 0 Å². The van der Waals surface area contributed by atoms with E-state index in [2.05, 4.69) is 29.0 Å². The first-order valence-electron chi connectivity index (χ1n) is 10.3. The molecule has 0 bridgehead atoms. The van der Waals surface area contributed by atoms with E-state index in [1.54, 1.807) is 18.5 Å². The number of aromatic nitrogens is 2. The molecule has 3 nitrogen and oxygen atoms in total. The zero-order valence-corrected chi connectivity index (χ0v) is 16.1. The molecule has 0 spiro atoms. The fourth-order valence-electron chi connectivity index (χ4n) is 2.91. The number of unbranched alkanes of at least 4 members (excludes halogenated alkanes) is 11. The highest BCUT2D eigenvalue weighted by molar-refractivity contribution is 5.92. The molecule has 148 valence electrons. The van der Waals surface area contributed by atoms with Crippen LogP contribution in [0.4, 0.5) is 0 Å². The first-order chi connectivity index (χ1) is 12.3. The molecular formula is C23H40N2O. The molecule has 1 heterocycles. The molecule has 0 aliphatic carbocycles. The molecule has 1 aromatic rings. The number of allylic oxidation sites excluding steroid dienone is 2. The summed E-state index contributed by atoms with van der Waals surface area (Å²) < 4.78 is 0. The van der Waals surface area contributed by atoms with Crippen LogP contribution in [0.3, 0.4) is 0 Å². The molecule has 0 unspecified atom stereocenters. The van der Waals surface area contributed by atoms with Crippen LogP contribution in [0.5, 0.6) is 0 Å². The third-order valence-corrected chi connectivity index (χ3v) is 4.48.